The van der Waals surface area contributed by atoms with E-state index in [4.69, 9.17) is 9.25 Å². The number of furan rings is 1. The van der Waals surface area contributed by atoms with E-state index >= 15 is 0 Å². The van der Waals surface area contributed by atoms with Crippen molar-refractivity contribution in [2.75, 3.05) is 20.2 Å². The molecule has 2 heterocycles. The Labute approximate surface area is 113 Å². The van der Waals surface area contributed by atoms with E-state index in [0.717, 1.165) is 5.56 Å². The third kappa shape index (κ3) is 3.17. The van der Waals surface area contributed by atoms with Crippen LogP contribution in [0, 0.1) is 5.92 Å². The van der Waals surface area contributed by atoms with Crippen molar-refractivity contribution in [3.63, 3.8) is 0 Å². The van der Waals surface area contributed by atoms with E-state index in [0.29, 0.717) is 6.54 Å². The Morgan fingerprint density at radius 2 is 2.26 bits per heavy atom. The summed E-state index contributed by atoms with van der Waals surface area (Å²) in [6.07, 6.45) is 3.09. The van der Waals surface area contributed by atoms with Crippen LogP contribution in [0.15, 0.2) is 23.0 Å². The molecule has 2 unspecified atom stereocenters. The molecular formula is C12H20N2O4S. The Kier molecular flexibility index (Phi) is 4.29. The van der Waals surface area contributed by atoms with Gasteiger partial charge in [-0.3, -0.25) is 4.84 Å². The van der Waals surface area contributed by atoms with Crippen LogP contribution in [0.3, 0.4) is 0 Å². The first-order valence-electron chi connectivity index (χ1n) is 6.28. The molecule has 1 aromatic rings. The van der Waals surface area contributed by atoms with Crippen LogP contribution >= 0.6 is 0 Å². The van der Waals surface area contributed by atoms with Crippen molar-refractivity contribution in [1.82, 2.24) is 9.79 Å². The minimum absolute atomic E-state index is 0.153. The fourth-order valence-corrected chi connectivity index (χ4v) is 3.80. The van der Waals surface area contributed by atoms with E-state index < -0.39 is 15.3 Å². The van der Waals surface area contributed by atoms with E-state index in [1.807, 2.05) is 13.8 Å². The SMILES string of the molecule is CC(C)CNS(=O)(=O)C1CON(C)C1c1ccoc1. The number of nitrogens with zero attached hydrogens (tertiary/aromatic N) is 1. The summed E-state index contributed by atoms with van der Waals surface area (Å²) in [6.45, 7) is 4.52. The maximum absolute atomic E-state index is 12.3. The molecule has 2 atom stereocenters. The number of hydroxylamine groups is 2. The van der Waals surface area contributed by atoms with Gasteiger partial charge >= 0.3 is 0 Å². The van der Waals surface area contributed by atoms with Crippen LogP contribution in [0.2, 0.25) is 0 Å². The Balaban J connectivity index is 2.18. The van der Waals surface area contributed by atoms with Crippen molar-refractivity contribution in [2.45, 2.75) is 25.1 Å². The highest BCUT2D eigenvalue weighted by Gasteiger charge is 2.43. The van der Waals surface area contributed by atoms with Crippen LogP contribution in [0.5, 0.6) is 0 Å². The van der Waals surface area contributed by atoms with E-state index in [1.165, 1.54) is 6.26 Å². The van der Waals surface area contributed by atoms with Crippen molar-refractivity contribution >= 4 is 10.0 Å². The van der Waals surface area contributed by atoms with Gasteiger partial charge in [0.1, 0.15) is 5.25 Å². The van der Waals surface area contributed by atoms with Crippen LogP contribution in [0.25, 0.3) is 0 Å². The summed E-state index contributed by atoms with van der Waals surface area (Å²) < 4.78 is 32.4. The number of nitrogens with one attached hydrogen (secondary N) is 1. The minimum atomic E-state index is -3.42. The summed E-state index contributed by atoms with van der Waals surface area (Å²) in [4.78, 5) is 5.37. The van der Waals surface area contributed by atoms with Crippen molar-refractivity contribution in [3.8, 4) is 0 Å². The number of hydrogen-bond acceptors (Lipinski definition) is 5. The highest BCUT2D eigenvalue weighted by molar-refractivity contribution is 7.90. The molecule has 108 valence electrons. The van der Waals surface area contributed by atoms with Gasteiger partial charge in [-0.05, 0) is 12.0 Å². The fourth-order valence-electron chi connectivity index (χ4n) is 2.11. The van der Waals surface area contributed by atoms with Crippen molar-refractivity contribution in [2.24, 2.45) is 5.92 Å². The summed E-state index contributed by atoms with van der Waals surface area (Å²) in [5, 5.41) is 0.943. The van der Waals surface area contributed by atoms with Gasteiger partial charge < -0.3 is 4.42 Å². The normalized spacial score (nSPS) is 25.3. The predicted octanol–water partition coefficient (Wildman–Crippen LogP) is 1.14. The standard InChI is InChI=1S/C12H20N2O4S/c1-9(2)6-13-19(15,16)11-8-18-14(3)12(11)10-4-5-17-7-10/h4-5,7,9,11-13H,6,8H2,1-3H3. The zero-order valence-corrected chi connectivity index (χ0v) is 12.2. The second kappa shape index (κ2) is 5.62. The average molecular weight is 288 g/mol. The van der Waals surface area contributed by atoms with Gasteiger partial charge in [-0.1, -0.05) is 13.8 Å². The fraction of sp³-hybridized carbons (Fsp3) is 0.667. The number of rotatable bonds is 5. The van der Waals surface area contributed by atoms with Gasteiger partial charge in [-0.2, -0.15) is 5.06 Å². The van der Waals surface area contributed by atoms with Crippen molar-refractivity contribution in [1.29, 1.82) is 0 Å². The van der Waals surface area contributed by atoms with Crippen LogP contribution in [0.1, 0.15) is 25.5 Å². The lowest BCUT2D eigenvalue weighted by Gasteiger charge is -2.21. The van der Waals surface area contributed by atoms with Gasteiger partial charge in [0.25, 0.3) is 0 Å². The van der Waals surface area contributed by atoms with Crippen molar-refractivity contribution in [3.05, 3.63) is 24.2 Å². The second-order valence-electron chi connectivity index (χ2n) is 5.17. The van der Waals surface area contributed by atoms with E-state index in [1.54, 1.807) is 24.4 Å². The Morgan fingerprint density at radius 3 is 2.84 bits per heavy atom. The van der Waals surface area contributed by atoms with E-state index in [9.17, 15) is 8.42 Å². The van der Waals surface area contributed by atoms with Gasteiger partial charge in [0, 0.05) is 19.2 Å². The van der Waals surface area contributed by atoms with Crippen LogP contribution < -0.4 is 4.72 Å². The summed E-state index contributed by atoms with van der Waals surface area (Å²) in [5.74, 6) is 0.266. The molecule has 1 N–H and O–H groups in total. The molecule has 2 rings (SSSR count). The first kappa shape index (κ1) is 14.5. The molecule has 0 aromatic carbocycles. The maximum Gasteiger partial charge on any atom is 0.218 e. The summed E-state index contributed by atoms with van der Waals surface area (Å²) in [5.41, 5.74) is 0.805. The molecule has 1 saturated heterocycles. The molecule has 0 spiro atoms. The lowest BCUT2D eigenvalue weighted by Crippen LogP contribution is -2.40. The highest BCUT2D eigenvalue weighted by Crippen LogP contribution is 2.33. The number of hydrogen-bond donors (Lipinski definition) is 1. The topological polar surface area (TPSA) is 71.8 Å². The molecule has 0 aliphatic carbocycles. The lowest BCUT2D eigenvalue weighted by molar-refractivity contribution is -0.110. The van der Waals surface area contributed by atoms with E-state index in [-0.39, 0.29) is 18.6 Å². The quantitative estimate of drug-likeness (QED) is 0.879. The molecule has 0 amide bonds. The number of sulfonamides is 1. The predicted molar refractivity (Wildman–Crippen MR) is 70.7 cm³/mol. The molecule has 6 nitrogen and oxygen atoms in total. The summed E-state index contributed by atoms with van der Waals surface area (Å²) >= 11 is 0. The average Bonchev–Trinajstić information content (AvgIpc) is 2.95. The first-order valence-corrected chi connectivity index (χ1v) is 7.82. The molecule has 1 fully saturated rings. The molecule has 1 aliphatic rings. The van der Waals surface area contributed by atoms with Gasteiger partial charge in [0.2, 0.25) is 10.0 Å². The Morgan fingerprint density at radius 1 is 1.53 bits per heavy atom. The lowest BCUT2D eigenvalue weighted by atomic mass is 10.1. The van der Waals surface area contributed by atoms with Crippen LogP contribution in [-0.2, 0) is 14.9 Å². The van der Waals surface area contributed by atoms with E-state index in [2.05, 4.69) is 4.72 Å². The van der Waals surface area contributed by atoms with Gasteiger partial charge in [0.15, 0.2) is 0 Å². The molecule has 1 aliphatic heterocycles. The van der Waals surface area contributed by atoms with Gasteiger partial charge in [0.05, 0.1) is 25.2 Å². The van der Waals surface area contributed by atoms with Gasteiger partial charge in [-0.15, -0.1) is 0 Å². The molecule has 7 heteroatoms. The van der Waals surface area contributed by atoms with Crippen molar-refractivity contribution < 1.29 is 17.7 Å². The summed E-state index contributed by atoms with van der Waals surface area (Å²) in [7, 11) is -1.69. The smallest absolute Gasteiger partial charge is 0.218 e. The molecule has 1 aromatic heterocycles. The third-order valence-corrected chi connectivity index (χ3v) is 4.92. The second-order valence-corrected chi connectivity index (χ2v) is 7.15. The molecule has 0 bridgehead atoms. The first-order chi connectivity index (χ1) is 8.92. The largest absolute Gasteiger partial charge is 0.472 e. The zero-order valence-electron chi connectivity index (χ0n) is 11.4. The van der Waals surface area contributed by atoms with Crippen LogP contribution in [0.4, 0.5) is 0 Å². The molecular weight excluding hydrogens is 268 g/mol. The van der Waals surface area contributed by atoms with Gasteiger partial charge in [-0.25, -0.2) is 13.1 Å². The van der Waals surface area contributed by atoms with Crippen LogP contribution in [-0.4, -0.2) is 38.9 Å². The third-order valence-electron chi connectivity index (χ3n) is 3.16. The zero-order chi connectivity index (χ0) is 14.0. The molecule has 0 radical (unpaired) electrons. The molecule has 0 saturated carbocycles. The monoisotopic (exact) mass is 288 g/mol. The maximum atomic E-state index is 12.3. The summed E-state index contributed by atoms with van der Waals surface area (Å²) in [6, 6.07) is 1.42. The molecule has 19 heavy (non-hydrogen) atoms. The Bertz CT molecular complexity index is 498. The minimum Gasteiger partial charge on any atom is -0.472 e. The highest BCUT2D eigenvalue weighted by atomic mass is 32.2. The Hall–Kier alpha value is -0.890.